The van der Waals surface area contributed by atoms with Crippen LogP contribution < -0.4 is 5.56 Å². The van der Waals surface area contributed by atoms with E-state index in [-0.39, 0.29) is 17.1 Å². The van der Waals surface area contributed by atoms with Gasteiger partial charge in [-0.25, -0.2) is 18.2 Å². The van der Waals surface area contributed by atoms with Crippen LogP contribution in [0.15, 0.2) is 57.7 Å². The molecule has 1 fully saturated rings. The van der Waals surface area contributed by atoms with Crippen molar-refractivity contribution in [1.82, 2.24) is 13.7 Å². The van der Waals surface area contributed by atoms with Crippen molar-refractivity contribution in [1.29, 1.82) is 0 Å². The van der Waals surface area contributed by atoms with Crippen molar-refractivity contribution >= 4 is 38.4 Å². The second-order valence-corrected chi connectivity index (χ2v) is 9.48. The number of fused-ring (bicyclic) bond motifs is 1. The van der Waals surface area contributed by atoms with Crippen molar-refractivity contribution in [3.8, 4) is 0 Å². The average Bonchev–Trinajstić information content (AvgIpc) is 3.26. The van der Waals surface area contributed by atoms with Crippen LogP contribution in [-0.2, 0) is 30.9 Å². The van der Waals surface area contributed by atoms with E-state index in [1.54, 1.807) is 23.7 Å². The summed E-state index contributed by atoms with van der Waals surface area (Å²) in [6.07, 6.45) is 4.39. The van der Waals surface area contributed by atoms with Crippen LogP contribution in [0, 0.1) is 0 Å². The fourth-order valence-corrected chi connectivity index (χ4v) is 5.15. The van der Waals surface area contributed by atoms with E-state index in [4.69, 9.17) is 9.47 Å². The van der Waals surface area contributed by atoms with E-state index >= 15 is 0 Å². The third kappa shape index (κ3) is 4.90. The standard InChI is InChI=1S/C20H19N3O6S2/c24-18-13-16(21-20-23(18)9-12-30-20)14-29-19(25)6-3-15-1-4-17(5-2-15)31(26,27)22-7-10-28-11-8-22/h1-6,9,12-13H,7-8,10-11,14H2/b6-3+. The normalized spacial score (nSPS) is 15.5. The number of nitrogens with zero attached hydrogens (tertiary/aromatic N) is 3. The molecule has 0 aliphatic carbocycles. The zero-order valence-corrected chi connectivity index (χ0v) is 18.0. The van der Waals surface area contributed by atoms with Gasteiger partial charge in [0.05, 0.1) is 23.8 Å². The summed E-state index contributed by atoms with van der Waals surface area (Å²) in [6.45, 7) is 1.30. The summed E-state index contributed by atoms with van der Waals surface area (Å²) in [4.78, 5) is 28.9. The number of ether oxygens (including phenoxy) is 2. The minimum atomic E-state index is -3.56. The number of carbonyl (C=O) groups excluding carboxylic acids is 1. The molecule has 1 aromatic carbocycles. The Labute approximate surface area is 182 Å². The Bertz CT molecular complexity index is 1270. The summed E-state index contributed by atoms with van der Waals surface area (Å²) in [5.41, 5.74) is 0.779. The van der Waals surface area contributed by atoms with Crippen LogP contribution in [0.3, 0.4) is 0 Å². The molecule has 3 aromatic rings. The number of esters is 1. The second kappa shape index (κ2) is 9.10. The van der Waals surface area contributed by atoms with Gasteiger partial charge in [0.1, 0.15) is 6.61 Å². The van der Waals surface area contributed by atoms with Crippen LogP contribution in [0.2, 0.25) is 0 Å². The van der Waals surface area contributed by atoms with Gasteiger partial charge in [-0.15, -0.1) is 11.3 Å². The number of hydrogen-bond donors (Lipinski definition) is 0. The first-order chi connectivity index (χ1) is 14.9. The monoisotopic (exact) mass is 461 g/mol. The first-order valence-corrected chi connectivity index (χ1v) is 11.7. The first-order valence-electron chi connectivity index (χ1n) is 9.42. The summed E-state index contributed by atoms with van der Waals surface area (Å²) in [6, 6.07) is 7.56. The molecule has 2 aromatic heterocycles. The Morgan fingerprint density at radius 2 is 1.97 bits per heavy atom. The van der Waals surface area contributed by atoms with Crippen LogP contribution in [0.4, 0.5) is 0 Å². The minimum absolute atomic E-state index is 0.121. The predicted molar refractivity (Wildman–Crippen MR) is 114 cm³/mol. The molecule has 0 bridgehead atoms. The van der Waals surface area contributed by atoms with E-state index in [2.05, 4.69) is 4.98 Å². The van der Waals surface area contributed by atoms with Crippen LogP contribution in [0.25, 0.3) is 11.0 Å². The fourth-order valence-electron chi connectivity index (χ4n) is 3.01. The first kappa shape index (κ1) is 21.4. The lowest BCUT2D eigenvalue weighted by atomic mass is 10.2. The summed E-state index contributed by atoms with van der Waals surface area (Å²) in [5.74, 6) is -0.599. The molecule has 0 radical (unpaired) electrons. The molecule has 1 aliphatic rings. The highest BCUT2D eigenvalue weighted by Gasteiger charge is 2.25. The summed E-state index contributed by atoms with van der Waals surface area (Å²) in [5, 5.41) is 1.75. The zero-order chi connectivity index (χ0) is 21.8. The lowest BCUT2D eigenvalue weighted by Gasteiger charge is -2.26. The molecule has 1 aliphatic heterocycles. The molecule has 31 heavy (non-hydrogen) atoms. The maximum absolute atomic E-state index is 12.6. The molecule has 0 unspecified atom stereocenters. The quantitative estimate of drug-likeness (QED) is 0.405. The van der Waals surface area contributed by atoms with Crippen molar-refractivity contribution in [2.45, 2.75) is 11.5 Å². The van der Waals surface area contributed by atoms with Gasteiger partial charge in [0, 0.05) is 36.8 Å². The van der Waals surface area contributed by atoms with Crippen LogP contribution in [-0.4, -0.2) is 54.4 Å². The number of carbonyl (C=O) groups is 1. The van der Waals surface area contributed by atoms with Gasteiger partial charge in [0.15, 0.2) is 4.96 Å². The number of aromatic nitrogens is 2. The molecule has 0 saturated carbocycles. The Morgan fingerprint density at radius 3 is 2.71 bits per heavy atom. The Morgan fingerprint density at radius 1 is 1.23 bits per heavy atom. The summed E-state index contributed by atoms with van der Waals surface area (Å²) >= 11 is 1.31. The van der Waals surface area contributed by atoms with Gasteiger partial charge in [-0.2, -0.15) is 4.31 Å². The van der Waals surface area contributed by atoms with E-state index in [1.807, 2.05) is 0 Å². The van der Waals surface area contributed by atoms with Gasteiger partial charge < -0.3 is 9.47 Å². The molecule has 0 amide bonds. The van der Waals surface area contributed by atoms with Gasteiger partial charge in [-0.1, -0.05) is 12.1 Å². The highest BCUT2D eigenvalue weighted by molar-refractivity contribution is 7.89. The van der Waals surface area contributed by atoms with Crippen LogP contribution in [0.1, 0.15) is 11.3 Å². The van der Waals surface area contributed by atoms with Crippen LogP contribution in [0.5, 0.6) is 0 Å². The third-order valence-electron chi connectivity index (χ3n) is 4.62. The van der Waals surface area contributed by atoms with E-state index in [0.29, 0.717) is 42.5 Å². The molecular formula is C20H19N3O6S2. The highest BCUT2D eigenvalue weighted by atomic mass is 32.2. The second-order valence-electron chi connectivity index (χ2n) is 6.67. The van der Waals surface area contributed by atoms with Crippen molar-refractivity contribution in [2.24, 2.45) is 0 Å². The van der Waals surface area contributed by atoms with Gasteiger partial charge in [-0.05, 0) is 23.8 Å². The van der Waals surface area contributed by atoms with E-state index in [0.717, 1.165) is 0 Å². The maximum atomic E-state index is 12.6. The number of benzene rings is 1. The van der Waals surface area contributed by atoms with Crippen molar-refractivity contribution in [3.63, 3.8) is 0 Å². The van der Waals surface area contributed by atoms with Crippen molar-refractivity contribution < 1.29 is 22.7 Å². The fraction of sp³-hybridized carbons (Fsp3) is 0.250. The summed E-state index contributed by atoms with van der Waals surface area (Å²) in [7, 11) is -3.56. The number of sulfonamides is 1. The lowest BCUT2D eigenvalue weighted by molar-refractivity contribution is -0.139. The van der Waals surface area contributed by atoms with Crippen molar-refractivity contribution in [3.05, 3.63) is 69.6 Å². The molecule has 3 heterocycles. The molecule has 9 nitrogen and oxygen atoms in total. The van der Waals surface area contributed by atoms with E-state index < -0.39 is 16.0 Å². The number of rotatable bonds is 6. The number of hydrogen-bond acceptors (Lipinski definition) is 8. The van der Waals surface area contributed by atoms with Crippen LogP contribution >= 0.6 is 11.3 Å². The smallest absolute Gasteiger partial charge is 0.331 e. The predicted octanol–water partition coefficient (Wildman–Crippen LogP) is 1.53. The Balaban J connectivity index is 1.36. The Kier molecular flexibility index (Phi) is 6.28. The van der Waals surface area contributed by atoms with Gasteiger partial charge >= 0.3 is 5.97 Å². The topological polar surface area (TPSA) is 107 Å². The summed E-state index contributed by atoms with van der Waals surface area (Å²) < 4.78 is 38.4. The molecule has 4 rings (SSSR count). The SMILES string of the molecule is O=C(/C=C/c1ccc(S(=O)(=O)N2CCOCC2)cc1)OCc1cc(=O)n2ccsc2n1. The van der Waals surface area contributed by atoms with Gasteiger partial charge in [0.2, 0.25) is 10.0 Å². The van der Waals surface area contributed by atoms with Gasteiger partial charge in [-0.3, -0.25) is 9.20 Å². The molecule has 162 valence electrons. The molecule has 1 saturated heterocycles. The molecule has 11 heteroatoms. The molecular weight excluding hydrogens is 442 g/mol. The largest absolute Gasteiger partial charge is 0.456 e. The average molecular weight is 462 g/mol. The number of morpholine rings is 1. The Hall–Kier alpha value is -2.86. The zero-order valence-electron chi connectivity index (χ0n) is 16.3. The van der Waals surface area contributed by atoms with Crippen molar-refractivity contribution in [2.75, 3.05) is 26.3 Å². The molecule has 0 atom stereocenters. The molecule has 0 spiro atoms. The van der Waals surface area contributed by atoms with Gasteiger partial charge in [0.25, 0.3) is 5.56 Å². The number of thiazole rings is 1. The molecule has 0 N–H and O–H groups in total. The lowest BCUT2D eigenvalue weighted by Crippen LogP contribution is -2.40. The third-order valence-corrected chi connectivity index (χ3v) is 7.29. The maximum Gasteiger partial charge on any atom is 0.331 e. The van der Waals surface area contributed by atoms with E-state index in [9.17, 15) is 18.0 Å². The minimum Gasteiger partial charge on any atom is -0.456 e. The highest BCUT2D eigenvalue weighted by Crippen LogP contribution is 2.18. The van der Waals surface area contributed by atoms with E-state index in [1.165, 1.54) is 50.4 Å².